The third-order valence-electron chi connectivity index (χ3n) is 2.56. The van der Waals surface area contributed by atoms with Gasteiger partial charge in [0, 0.05) is 13.2 Å². The number of nitrogens with one attached hydrogen (secondary N) is 1. The molecule has 0 aliphatic carbocycles. The third-order valence-corrected chi connectivity index (χ3v) is 2.56. The minimum Gasteiger partial charge on any atom is -0.465 e. The first-order valence-electron chi connectivity index (χ1n) is 6.64. The number of hydrogen-bond acceptors (Lipinski definition) is 5. The van der Waals surface area contributed by atoms with Crippen molar-refractivity contribution in [3.8, 4) is 0 Å². The summed E-state index contributed by atoms with van der Waals surface area (Å²) >= 11 is 0. The van der Waals surface area contributed by atoms with Gasteiger partial charge in [-0.3, -0.25) is 0 Å². The Balaban J connectivity index is 1.74. The van der Waals surface area contributed by atoms with Crippen molar-refractivity contribution in [1.82, 2.24) is 5.32 Å². The zero-order valence-corrected chi connectivity index (χ0v) is 11.1. The SMILES string of the molecule is O=C(O)NCCOCCOCCOC1CCCCO1. The van der Waals surface area contributed by atoms with E-state index in [4.69, 9.17) is 24.1 Å². The average Bonchev–Trinajstić information content (AvgIpc) is 2.42. The fourth-order valence-electron chi connectivity index (χ4n) is 1.63. The normalized spacial score (nSPS) is 19.3. The third kappa shape index (κ3) is 9.66. The molecule has 112 valence electrons. The number of rotatable bonds is 10. The van der Waals surface area contributed by atoms with Crippen LogP contribution in [0.3, 0.4) is 0 Å². The van der Waals surface area contributed by atoms with Crippen molar-refractivity contribution in [2.75, 3.05) is 46.2 Å². The van der Waals surface area contributed by atoms with Crippen molar-refractivity contribution < 1.29 is 28.8 Å². The Labute approximate surface area is 113 Å². The maximum atomic E-state index is 10.1. The Morgan fingerprint density at radius 2 is 1.89 bits per heavy atom. The fraction of sp³-hybridized carbons (Fsp3) is 0.917. The monoisotopic (exact) mass is 277 g/mol. The summed E-state index contributed by atoms with van der Waals surface area (Å²) in [6, 6.07) is 0. The molecule has 1 fully saturated rings. The van der Waals surface area contributed by atoms with Gasteiger partial charge in [-0.15, -0.1) is 0 Å². The quantitative estimate of drug-likeness (QED) is 0.575. The molecule has 1 saturated heterocycles. The van der Waals surface area contributed by atoms with Gasteiger partial charge in [0.25, 0.3) is 0 Å². The van der Waals surface area contributed by atoms with E-state index in [1.54, 1.807) is 0 Å². The van der Waals surface area contributed by atoms with Crippen molar-refractivity contribution in [2.45, 2.75) is 25.6 Å². The molecule has 2 N–H and O–H groups in total. The molecule has 0 aromatic carbocycles. The van der Waals surface area contributed by atoms with E-state index in [0.717, 1.165) is 25.9 Å². The Morgan fingerprint density at radius 3 is 2.58 bits per heavy atom. The summed E-state index contributed by atoms with van der Waals surface area (Å²) < 4.78 is 21.4. The van der Waals surface area contributed by atoms with Gasteiger partial charge in [0.15, 0.2) is 6.29 Å². The molecule has 0 aromatic rings. The van der Waals surface area contributed by atoms with Crippen molar-refractivity contribution in [1.29, 1.82) is 0 Å². The van der Waals surface area contributed by atoms with Gasteiger partial charge in [-0.05, 0) is 19.3 Å². The molecule has 1 atom stereocenters. The predicted octanol–water partition coefficient (Wildman–Crippen LogP) is 0.830. The summed E-state index contributed by atoms with van der Waals surface area (Å²) in [5, 5.41) is 10.5. The summed E-state index contributed by atoms with van der Waals surface area (Å²) in [4.78, 5) is 10.1. The van der Waals surface area contributed by atoms with Crippen LogP contribution in [0.5, 0.6) is 0 Å². The van der Waals surface area contributed by atoms with Gasteiger partial charge in [0.1, 0.15) is 0 Å². The van der Waals surface area contributed by atoms with Crippen LogP contribution < -0.4 is 5.32 Å². The zero-order chi connectivity index (χ0) is 13.8. The van der Waals surface area contributed by atoms with Crippen LogP contribution >= 0.6 is 0 Å². The fourth-order valence-corrected chi connectivity index (χ4v) is 1.63. The number of ether oxygens (including phenoxy) is 4. The lowest BCUT2D eigenvalue weighted by atomic mass is 10.2. The maximum absolute atomic E-state index is 10.1. The Kier molecular flexibility index (Phi) is 9.34. The topological polar surface area (TPSA) is 86.3 Å². The second-order valence-corrected chi connectivity index (χ2v) is 4.12. The highest BCUT2D eigenvalue weighted by Gasteiger charge is 2.13. The molecule has 1 rings (SSSR count). The maximum Gasteiger partial charge on any atom is 0.404 e. The van der Waals surface area contributed by atoms with Crippen molar-refractivity contribution in [3.05, 3.63) is 0 Å². The summed E-state index contributed by atoms with van der Waals surface area (Å²) in [5.74, 6) is 0. The molecule has 1 aliphatic rings. The van der Waals surface area contributed by atoms with Gasteiger partial charge in [-0.25, -0.2) is 4.79 Å². The Bertz CT molecular complexity index is 232. The second-order valence-electron chi connectivity index (χ2n) is 4.12. The van der Waals surface area contributed by atoms with Crippen LogP contribution in [0, 0.1) is 0 Å². The molecular weight excluding hydrogens is 254 g/mol. The van der Waals surface area contributed by atoms with E-state index in [0.29, 0.717) is 33.0 Å². The molecule has 0 saturated carbocycles. The van der Waals surface area contributed by atoms with E-state index >= 15 is 0 Å². The number of carboxylic acid groups (broad SMARTS) is 1. The molecule has 1 aliphatic heterocycles. The lowest BCUT2D eigenvalue weighted by molar-refractivity contribution is -0.169. The van der Waals surface area contributed by atoms with E-state index in [1.165, 1.54) is 0 Å². The molecule has 7 heteroatoms. The molecule has 0 spiro atoms. The first kappa shape index (κ1) is 16.2. The summed E-state index contributed by atoms with van der Waals surface area (Å²) in [6.45, 7) is 3.37. The number of hydrogen-bond donors (Lipinski definition) is 2. The van der Waals surface area contributed by atoms with Gasteiger partial charge in [-0.2, -0.15) is 0 Å². The molecule has 7 nitrogen and oxygen atoms in total. The molecular formula is C12H23NO6. The van der Waals surface area contributed by atoms with Gasteiger partial charge >= 0.3 is 6.09 Å². The smallest absolute Gasteiger partial charge is 0.404 e. The molecule has 1 unspecified atom stereocenters. The van der Waals surface area contributed by atoms with Crippen LogP contribution in [0.2, 0.25) is 0 Å². The van der Waals surface area contributed by atoms with Crippen LogP contribution in [0.15, 0.2) is 0 Å². The van der Waals surface area contributed by atoms with Crippen LogP contribution in [0.1, 0.15) is 19.3 Å². The van der Waals surface area contributed by atoms with Gasteiger partial charge in [0.2, 0.25) is 0 Å². The van der Waals surface area contributed by atoms with E-state index in [9.17, 15) is 4.79 Å². The molecule has 0 aromatic heterocycles. The number of amides is 1. The minimum absolute atomic E-state index is 0.0734. The van der Waals surface area contributed by atoms with Gasteiger partial charge in [0.05, 0.1) is 33.0 Å². The van der Waals surface area contributed by atoms with Gasteiger partial charge in [-0.1, -0.05) is 0 Å². The first-order chi connectivity index (χ1) is 9.29. The van der Waals surface area contributed by atoms with E-state index in [-0.39, 0.29) is 12.8 Å². The Morgan fingerprint density at radius 1 is 1.16 bits per heavy atom. The van der Waals surface area contributed by atoms with E-state index in [1.807, 2.05) is 0 Å². The highest BCUT2D eigenvalue weighted by molar-refractivity contribution is 5.64. The summed E-state index contributed by atoms with van der Waals surface area (Å²) in [7, 11) is 0. The molecule has 0 bridgehead atoms. The summed E-state index contributed by atoms with van der Waals surface area (Å²) in [5.41, 5.74) is 0. The molecule has 0 radical (unpaired) electrons. The highest BCUT2D eigenvalue weighted by atomic mass is 16.7. The van der Waals surface area contributed by atoms with Crippen LogP contribution in [-0.4, -0.2) is 63.7 Å². The zero-order valence-electron chi connectivity index (χ0n) is 11.1. The van der Waals surface area contributed by atoms with Crippen molar-refractivity contribution in [3.63, 3.8) is 0 Å². The van der Waals surface area contributed by atoms with Crippen LogP contribution in [0.25, 0.3) is 0 Å². The first-order valence-corrected chi connectivity index (χ1v) is 6.64. The van der Waals surface area contributed by atoms with Crippen LogP contribution in [-0.2, 0) is 18.9 Å². The van der Waals surface area contributed by atoms with Crippen molar-refractivity contribution >= 4 is 6.09 Å². The van der Waals surface area contributed by atoms with E-state index in [2.05, 4.69) is 5.32 Å². The summed E-state index contributed by atoms with van der Waals surface area (Å²) in [6.07, 6.45) is 2.12. The number of carbonyl (C=O) groups is 1. The van der Waals surface area contributed by atoms with E-state index < -0.39 is 6.09 Å². The second kappa shape index (κ2) is 11.0. The van der Waals surface area contributed by atoms with Crippen molar-refractivity contribution in [2.24, 2.45) is 0 Å². The molecule has 1 heterocycles. The highest BCUT2D eigenvalue weighted by Crippen LogP contribution is 2.13. The van der Waals surface area contributed by atoms with Crippen LogP contribution in [0.4, 0.5) is 4.79 Å². The predicted molar refractivity (Wildman–Crippen MR) is 67.2 cm³/mol. The standard InChI is InChI=1S/C12H23NO6/c14-12(15)13-4-6-16-7-8-17-9-10-19-11-3-1-2-5-18-11/h11,13H,1-10H2,(H,14,15). The average molecular weight is 277 g/mol. The lowest BCUT2D eigenvalue weighted by Gasteiger charge is -2.22. The lowest BCUT2D eigenvalue weighted by Crippen LogP contribution is -2.26. The largest absolute Gasteiger partial charge is 0.465 e. The minimum atomic E-state index is -1.04. The molecule has 1 amide bonds. The molecule has 19 heavy (non-hydrogen) atoms. The van der Waals surface area contributed by atoms with Gasteiger partial charge < -0.3 is 29.4 Å². The Hall–Kier alpha value is -0.890.